The number of hydrogen-bond acceptors (Lipinski definition) is 5. The van der Waals surface area contributed by atoms with Crippen molar-refractivity contribution in [2.45, 2.75) is 10.9 Å². The number of aromatic nitrogens is 2. The molecule has 5 heteroatoms. The molecule has 0 bridgehead atoms. The van der Waals surface area contributed by atoms with E-state index >= 15 is 0 Å². The molecule has 1 aromatic carbocycles. The normalized spacial score (nSPS) is 10.1. The Morgan fingerprint density at radius 1 is 1.33 bits per heavy atom. The summed E-state index contributed by atoms with van der Waals surface area (Å²) in [4.78, 5) is 19.0. The second-order valence-corrected chi connectivity index (χ2v) is 4.45. The number of hydrogen-bond donors (Lipinski definition) is 0. The van der Waals surface area contributed by atoms with E-state index in [0.29, 0.717) is 16.5 Å². The molecule has 2 rings (SSSR count). The molecule has 0 aliphatic rings. The first-order valence-electron chi connectivity index (χ1n) is 5.35. The minimum atomic E-state index is 0.639. The Labute approximate surface area is 109 Å². The van der Waals surface area contributed by atoms with E-state index in [1.807, 2.05) is 6.07 Å². The molecule has 1 aromatic heterocycles. The molecule has 0 aliphatic carbocycles. The van der Waals surface area contributed by atoms with Crippen LogP contribution in [0.3, 0.4) is 0 Å². The Hall–Kier alpha value is -1.88. The van der Waals surface area contributed by atoms with E-state index in [-0.39, 0.29) is 0 Å². The molecule has 18 heavy (non-hydrogen) atoms. The van der Waals surface area contributed by atoms with Crippen molar-refractivity contribution in [3.05, 3.63) is 47.8 Å². The van der Waals surface area contributed by atoms with Crippen LogP contribution in [0, 0.1) is 0 Å². The van der Waals surface area contributed by atoms with Gasteiger partial charge in [0.1, 0.15) is 12.0 Å². The third kappa shape index (κ3) is 3.07. The van der Waals surface area contributed by atoms with Crippen molar-refractivity contribution in [2.24, 2.45) is 0 Å². The number of aldehydes is 1. The van der Waals surface area contributed by atoms with Crippen LogP contribution < -0.4 is 4.74 Å². The van der Waals surface area contributed by atoms with E-state index in [4.69, 9.17) is 4.74 Å². The fourth-order valence-corrected chi connectivity index (χ4v) is 2.27. The minimum absolute atomic E-state index is 0.639. The number of thioether (sulfide) groups is 1. The summed E-state index contributed by atoms with van der Waals surface area (Å²) < 4.78 is 5.26. The number of carbonyl (C=O) groups excluding carboxylic acids is 1. The number of carbonyl (C=O) groups is 1. The average Bonchev–Trinajstić information content (AvgIpc) is 2.45. The molecule has 0 unspecified atom stereocenters. The van der Waals surface area contributed by atoms with Gasteiger partial charge in [-0.05, 0) is 24.3 Å². The predicted molar refractivity (Wildman–Crippen MR) is 70.0 cm³/mol. The SMILES string of the molecule is COc1ccc(C=O)cc1CSc1ncccn1. The summed E-state index contributed by atoms with van der Waals surface area (Å²) in [6.07, 6.45) is 4.23. The largest absolute Gasteiger partial charge is 0.496 e. The van der Waals surface area contributed by atoms with Gasteiger partial charge in [-0.25, -0.2) is 9.97 Å². The summed E-state index contributed by atoms with van der Waals surface area (Å²) in [7, 11) is 1.61. The number of benzene rings is 1. The van der Waals surface area contributed by atoms with Gasteiger partial charge in [-0.3, -0.25) is 4.79 Å². The highest BCUT2D eigenvalue weighted by molar-refractivity contribution is 7.98. The minimum Gasteiger partial charge on any atom is -0.496 e. The van der Waals surface area contributed by atoms with E-state index in [2.05, 4.69) is 9.97 Å². The lowest BCUT2D eigenvalue weighted by Crippen LogP contribution is -1.93. The molecule has 2 aromatic rings. The fraction of sp³-hybridized carbons (Fsp3) is 0.154. The lowest BCUT2D eigenvalue weighted by molar-refractivity contribution is 0.112. The van der Waals surface area contributed by atoms with Crippen LogP contribution in [0.15, 0.2) is 41.8 Å². The molecule has 0 saturated heterocycles. The highest BCUT2D eigenvalue weighted by Gasteiger charge is 2.06. The van der Waals surface area contributed by atoms with Crippen molar-refractivity contribution >= 4 is 18.0 Å². The van der Waals surface area contributed by atoms with E-state index in [1.54, 1.807) is 37.7 Å². The Morgan fingerprint density at radius 3 is 2.78 bits per heavy atom. The van der Waals surface area contributed by atoms with Gasteiger partial charge >= 0.3 is 0 Å². The summed E-state index contributed by atoms with van der Waals surface area (Å²) in [6, 6.07) is 7.13. The van der Waals surface area contributed by atoms with E-state index in [9.17, 15) is 4.79 Å². The second kappa shape index (κ2) is 6.16. The van der Waals surface area contributed by atoms with Gasteiger partial charge in [-0.1, -0.05) is 11.8 Å². The van der Waals surface area contributed by atoms with Crippen molar-refractivity contribution in [2.75, 3.05) is 7.11 Å². The smallest absolute Gasteiger partial charge is 0.187 e. The first-order valence-corrected chi connectivity index (χ1v) is 6.34. The van der Waals surface area contributed by atoms with Gasteiger partial charge in [0, 0.05) is 29.3 Å². The van der Waals surface area contributed by atoms with Gasteiger partial charge in [0.2, 0.25) is 0 Å². The molecule has 1 heterocycles. The Bertz CT molecular complexity index is 532. The van der Waals surface area contributed by atoms with Crippen molar-refractivity contribution in [3.63, 3.8) is 0 Å². The topological polar surface area (TPSA) is 52.1 Å². The van der Waals surface area contributed by atoms with Crippen molar-refractivity contribution < 1.29 is 9.53 Å². The van der Waals surface area contributed by atoms with E-state index < -0.39 is 0 Å². The van der Waals surface area contributed by atoms with E-state index in [0.717, 1.165) is 17.6 Å². The van der Waals surface area contributed by atoms with Crippen LogP contribution in [0.25, 0.3) is 0 Å². The zero-order chi connectivity index (χ0) is 12.8. The maximum absolute atomic E-state index is 10.8. The quantitative estimate of drug-likeness (QED) is 0.470. The molecule has 0 fully saturated rings. The summed E-state index contributed by atoms with van der Waals surface area (Å²) in [5.41, 5.74) is 1.60. The van der Waals surface area contributed by atoms with Gasteiger partial charge < -0.3 is 4.74 Å². The third-order valence-electron chi connectivity index (χ3n) is 2.34. The lowest BCUT2D eigenvalue weighted by Gasteiger charge is -2.08. The standard InChI is InChI=1S/C13H12N2O2S/c1-17-12-4-3-10(8-16)7-11(12)9-18-13-14-5-2-6-15-13/h2-8H,9H2,1H3. The molecule has 0 N–H and O–H groups in total. The third-order valence-corrected chi connectivity index (χ3v) is 3.26. The van der Waals surface area contributed by atoms with E-state index in [1.165, 1.54) is 11.8 Å². The Kier molecular flexibility index (Phi) is 4.30. The van der Waals surface area contributed by atoms with Crippen LogP contribution >= 0.6 is 11.8 Å². The van der Waals surface area contributed by atoms with Crippen LogP contribution in [-0.2, 0) is 5.75 Å². The van der Waals surface area contributed by atoms with Crippen molar-refractivity contribution in [3.8, 4) is 5.75 Å². The summed E-state index contributed by atoms with van der Waals surface area (Å²) in [5, 5.41) is 0.705. The fourth-order valence-electron chi connectivity index (χ4n) is 1.49. The highest BCUT2D eigenvalue weighted by Crippen LogP contribution is 2.26. The molecular formula is C13H12N2O2S. The monoisotopic (exact) mass is 260 g/mol. The van der Waals surface area contributed by atoms with Gasteiger partial charge in [0.25, 0.3) is 0 Å². The van der Waals surface area contributed by atoms with Crippen molar-refractivity contribution in [1.29, 1.82) is 0 Å². The summed E-state index contributed by atoms with van der Waals surface area (Å²) in [5.74, 6) is 1.43. The van der Waals surface area contributed by atoms with Gasteiger partial charge in [0.05, 0.1) is 7.11 Å². The molecule has 0 aliphatic heterocycles. The molecule has 4 nitrogen and oxygen atoms in total. The summed E-state index contributed by atoms with van der Waals surface area (Å²) in [6.45, 7) is 0. The first-order chi connectivity index (χ1) is 8.83. The first kappa shape index (κ1) is 12.6. The molecular weight excluding hydrogens is 248 g/mol. The van der Waals surface area contributed by atoms with Gasteiger partial charge in [0.15, 0.2) is 5.16 Å². The number of ether oxygens (including phenoxy) is 1. The maximum Gasteiger partial charge on any atom is 0.187 e. The number of rotatable bonds is 5. The zero-order valence-electron chi connectivity index (χ0n) is 9.87. The Morgan fingerprint density at radius 2 is 2.11 bits per heavy atom. The molecule has 0 saturated carbocycles. The van der Waals surface area contributed by atoms with Crippen LogP contribution in [0.5, 0.6) is 5.75 Å². The van der Waals surface area contributed by atoms with Crippen LogP contribution in [-0.4, -0.2) is 23.4 Å². The highest BCUT2D eigenvalue weighted by atomic mass is 32.2. The van der Waals surface area contributed by atoms with Crippen molar-refractivity contribution in [1.82, 2.24) is 9.97 Å². The van der Waals surface area contributed by atoms with Crippen LogP contribution in [0.4, 0.5) is 0 Å². The summed E-state index contributed by atoms with van der Waals surface area (Å²) >= 11 is 1.50. The molecule has 0 atom stereocenters. The lowest BCUT2D eigenvalue weighted by atomic mass is 10.1. The molecule has 0 radical (unpaired) electrons. The average molecular weight is 260 g/mol. The maximum atomic E-state index is 10.8. The Balaban J connectivity index is 2.15. The number of nitrogens with zero attached hydrogens (tertiary/aromatic N) is 2. The predicted octanol–water partition coefficient (Wildman–Crippen LogP) is 2.59. The molecule has 92 valence electrons. The van der Waals surface area contributed by atoms with Gasteiger partial charge in [-0.15, -0.1) is 0 Å². The van der Waals surface area contributed by atoms with Gasteiger partial charge in [-0.2, -0.15) is 0 Å². The second-order valence-electron chi connectivity index (χ2n) is 3.51. The number of methoxy groups -OCH3 is 1. The van der Waals surface area contributed by atoms with Crippen LogP contribution in [0.2, 0.25) is 0 Å². The molecule has 0 amide bonds. The van der Waals surface area contributed by atoms with Crippen LogP contribution in [0.1, 0.15) is 15.9 Å². The zero-order valence-corrected chi connectivity index (χ0v) is 10.7. The molecule has 0 spiro atoms.